The molecule has 0 aliphatic carbocycles. The third-order valence-electron chi connectivity index (χ3n) is 7.59. The maximum Gasteiger partial charge on any atom is 0.415 e. The highest BCUT2D eigenvalue weighted by molar-refractivity contribution is 5.87. The van der Waals surface area contributed by atoms with Crippen LogP contribution in [0.3, 0.4) is 0 Å². The molecule has 3 aliphatic rings. The molecule has 3 saturated heterocycles. The Balaban J connectivity index is 0.00000336. The van der Waals surface area contributed by atoms with Crippen LogP contribution >= 0.6 is 0 Å². The number of anilines is 1. The van der Waals surface area contributed by atoms with Crippen molar-refractivity contribution in [1.29, 1.82) is 0 Å². The number of aromatic nitrogens is 1. The van der Waals surface area contributed by atoms with Crippen LogP contribution in [0.4, 0.5) is 19.3 Å². The molecule has 0 saturated carbocycles. The number of quaternary nitrogens is 1. The summed E-state index contributed by atoms with van der Waals surface area (Å²) in [6, 6.07) is 15.8. The molecule has 3 aromatic rings. The van der Waals surface area contributed by atoms with Crippen molar-refractivity contribution < 1.29 is 39.9 Å². The monoisotopic (exact) mass is 543 g/mol. The number of halogens is 3. The summed E-state index contributed by atoms with van der Waals surface area (Å²) in [5.41, 5.74) is 0.835. The second kappa shape index (κ2) is 12.5. The molecule has 1 amide bonds. The van der Waals surface area contributed by atoms with E-state index in [4.69, 9.17) is 9.47 Å². The standard InChI is InChI=1S/C29H32F2N3O3.ClH/c30-24-10-8-22(9-11-24)20-33(27-7-2-1-6-26(27)31)29(35)37-28-21-34(16-12-23(28)13-17-34)15-4-18-36-25-5-3-14-32-19-25;/h1-3,5-11,14,19,23,28H,4,12-13,15-18,20-21H2;1H/q+1;/p-1/t23?,28-,34?;/m0./s1. The molecule has 3 fully saturated rings. The summed E-state index contributed by atoms with van der Waals surface area (Å²) in [7, 11) is 0. The van der Waals surface area contributed by atoms with E-state index in [0.717, 1.165) is 55.7 Å². The summed E-state index contributed by atoms with van der Waals surface area (Å²) in [6.45, 7) is 4.54. The first-order valence-corrected chi connectivity index (χ1v) is 12.9. The first-order valence-electron chi connectivity index (χ1n) is 12.9. The molecule has 0 radical (unpaired) electrons. The van der Waals surface area contributed by atoms with Gasteiger partial charge in [0.05, 0.1) is 44.7 Å². The average molecular weight is 544 g/mol. The second-order valence-electron chi connectivity index (χ2n) is 10.0. The summed E-state index contributed by atoms with van der Waals surface area (Å²) >= 11 is 0. The van der Waals surface area contributed by atoms with Gasteiger partial charge in [0.1, 0.15) is 23.9 Å². The van der Waals surface area contributed by atoms with E-state index in [1.165, 1.54) is 23.1 Å². The van der Waals surface area contributed by atoms with Crippen LogP contribution < -0.4 is 22.0 Å². The lowest BCUT2D eigenvalue weighted by Gasteiger charge is -2.52. The highest BCUT2D eigenvalue weighted by Gasteiger charge is 2.47. The summed E-state index contributed by atoms with van der Waals surface area (Å²) < 4.78 is 41.0. The summed E-state index contributed by atoms with van der Waals surface area (Å²) in [5.74, 6) is 0.202. The first kappa shape index (κ1) is 27.8. The fourth-order valence-electron chi connectivity index (χ4n) is 5.58. The zero-order chi connectivity index (χ0) is 25.7. The van der Waals surface area contributed by atoms with E-state index < -0.39 is 11.9 Å². The van der Waals surface area contributed by atoms with Gasteiger partial charge in [0.25, 0.3) is 0 Å². The molecule has 2 bridgehead atoms. The zero-order valence-corrected chi connectivity index (χ0v) is 21.9. The van der Waals surface area contributed by atoms with Crippen LogP contribution in [0.2, 0.25) is 0 Å². The molecular formula is C29H32ClF2N3O3. The Morgan fingerprint density at radius 2 is 1.79 bits per heavy atom. The van der Waals surface area contributed by atoms with Gasteiger partial charge in [-0.1, -0.05) is 24.3 Å². The highest BCUT2D eigenvalue weighted by atomic mass is 35.5. The number of amides is 1. The van der Waals surface area contributed by atoms with E-state index in [9.17, 15) is 13.6 Å². The van der Waals surface area contributed by atoms with Gasteiger partial charge < -0.3 is 26.4 Å². The van der Waals surface area contributed by atoms with Crippen molar-refractivity contribution in [2.75, 3.05) is 37.7 Å². The molecule has 6 nitrogen and oxygen atoms in total. The van der Waals surface area contributed by atoms with E-state index in [1.54, 1.807) is 42.7 Å². The Bertz CT molecular complexity index is 1190. The number of fused-ring (bicyclic) bond motifs is 3. The molecule has 202 valence electrons. The largest absolute Gasteiger partial charge is 1.00 e. The molecule has 9 heteroatoms. The Hall–Kier alpha value is -3.23. The molecule has 4 heterocycles. The van der Waals surface area contributed by atoms with Gasteiger partial charge in [-0.15, -0.1) is 0 Å². The number of hydrogen-bond acceptors (Lipinski definition) is 4. The summed E-state index contributed by atoms with van der Waals surface area (Å²) in [6.07, 6.45) is 5.52. The predicted octanol–water partition coefficient (Wildman–Crippen LogP) is 2.59. The van der Waals surface area contributed by atoms with Crippen molar-refractivity contribution >= 4 is 11.8 Å². The lowest BCUT2D eigenvalue weighted by molar-refractivity contribution is -0.946. The van der Waals surface area contributed by atoms with Gasteiger partial charge in [0, 0.05) is 31.4 Å². The third-order valence-corrected chi connectivity index (χ3v) is 7.59. The van der Waals surface area contributed by atoms with Crippen LogP contribution in [-0.4, -0.2) is 54.5 Å². The average Bonchev–Trinajstić information content (AvgIpc) is 2.92. The SMILES string of the molecule is O=C(O[C@H]1C[N+]2(CCCOc3cccnc3)CCC1CC2)N(Cc1ccc(F)cc1)c1ccccc1F.[Cl-]. The molecule has 0 unspecified atom stereocenters. The van der Waals surface area contributed by atoms with Gasteiger partial charge in [0.2, 0.25) is 0 Å². The zero-order valence-electron chi connectivity index (χ0n) is 21.1. The third kappa shape index (κ3) is 6.60. The van der Waals surface area contributed by atoms with Crippen molar-refractivity contribution in [1.82, 2.24) is 4.98 Å². The Kier molecular flexibility index (Phi) is 9.17. The van der Waals surface area contributed by atoms with Gasteiger partial charge in [0.15, 0.2) is 6.10 Å². The van der Waals surface area contributed by atoms with Gasteiger partial charge >= 0.3 is 6.09 Å². The van der Waals surface area contributed by atoms with Gasteiger partial charge in [-0.25, -0.2) is 13.6 Å². The fourth-order valence-corrected chi connectivity index (χ4v) is 5.58. The highest BCUT2D eigenvalue weighted by Crippen LogP contribution is 2.36. The Morgan fingerprint density at radius 3 is 2.50 bits per heavy atom. The van der Waals surface area contributed by atoms with Gasteiger partial charge in [-0.05, 0) is 42.0 Å². The van der Waals surface area contributed by atoms with Crippen LogP contribution in [0.15, 0.2) is 73.1 Å². The smallest absolute Gasteiger partial charge is 0.415 e. The minimum Gasteiger partial charge on any atom is -1.00 e. The Labute approximate surface area is 228 Å². The van der Waals surface area contributed by atoms with Crippen LogP contribution in [0, 0.1) is 17.6 Å². The number of rotatable bonds is 9. The number of ether oxygens (including phenoxy) is 2. The Morgan fingerprint density at radius 1 is 1.03 bits per heavy atom. The quantitative estimate of drug-likeness (QED) is 0.308. The van der Waals surface area contributed by atoms with Crippen LogP contribution in [0.25, 0.3) is 0 Å². The van der Waals surface area contributed by atoms with E-state index in [1.807, 2.05) is 12.1 Å². The number of benzene rings is 2. The molecule has 0 spiro atoms. The number of pyridine rings is 1. The molecule has 1 atom stereocenters. The summed E-state index contributed by atoms with van der Waals surface area (Å²) in [4.78, 5) is 18.9. The van der Waals surface area contributed by atoms with Crippen molar-refractivity contribution in [3.63, 3.8) is 0 Å². The van der Waals surface area contributed by atoms with Gasteiger partial charge in [-0.2, -0.15) is 0 Å². The number of hydrogen-bond donors (Lipinski definition) is 0. The van der Waals surface area contributed by atoms with E-state index >= 15 is 0 Å². The van der Waals surface area contributed by atoms with Crippen molar-refractivity contribution in [3.05, 3.63) is 90.3 Å². The molecule has 1 aromatic heterocycles. The van der Waals surface area contributed by atoms with E-state index in [2.05, 4.69) is 4.98 Å². The molecule has 2 aromatic carbocycles. The summed E-state index contributed by atoms with van der Waals surface area (Å²) in [5, 5.41) is 0. The maximum absolute atomic E-state index is 14.7. The molecule has 6 rings (SSSR count). The van der Waals surface area contributed by atoms with E-state index in [0.29, 0.717) is 18.1 Å². The lowest BCUT2D eigenvalue weighted by Crippen LogP contribution is -3.00. The van der Waals surface area contributed by atoms with Crippen LogP contribution in [0.5, 0.6) is 5.75 Å². The molecular weight excluding hydrogens is 512 g/mol. The number of carbonyl (C=O) groups is 1. The first-order chi connectivity index (χ1) is 18.0. The lowest BCUT2D eigenvalue weighted by atomic mass is 9.83. The number of nitrogens with zero attached hydrogens (tertiary/aromatic N) is 3. The van der Waals surface area contributed by atoms with Crippen molar-refractivity contribution in [3.8, 4) is 5.75 Å². The topological polar surface area (TPSA) is 51.7 Å². The fraction of sp³-hybridized carbons (Fsp3) is 0.379. The molecule has 3 aliphatic heterocycles. The van der Waals surface area contributed by atoms with E-state index in [-0.39, 0.29) is 36.6 Å². The molecule has 0 N–H and O–H groups in total. The normalized spacial score (nSPS) is 21.8. The van der Waals surface area contributed by atoms with Gasteiger partial charge in [-0.3, -0.25) is 9.88 Å². The van der Waals surface area contributed by atoms with Crippen LogP contribution in [-0.2, 0) is 11.3 Å². The molecule has 38 heavy (non-hydrogen) atoms. The maximum atomic E-state index is 14.7. The number of piperidine rings is 3. The number of carbonyl (C=O) groups excluding carboxylic acids is 1. The van der Waals surface area contributed by atoms with Crippen LogP contribution in [0.1, 0.15) is 24.8 Å². The van der Waals surface area contributed by atoms with Crippen molar-refractivity contribution in [2.45, 2.75) is 31.9 Å². The minimum atomic E-state index is -0.578. The number of para-hydroxylation sites is 1. The van der Waals surface area contributed by atoms with Crippen molar-refractivity contribution in [2.24, 2.45) is 5.92 Å². The predicted molar refractivity (Wildman–Crippen MR) is 136 cm³/mol. The minimum absolute atomic E-state index is 0. The second-order valence-corrected chi connectivity index (χ2v) is 10.0.